The standard InChI is InChI=1S/C27H33NO3/c1-19-15-16-23(27(3,4)22-13-9-6-10-14-22)24(17-19)30-25-18-28(26(29)31-25)20(2)21-11-7-5-8-12-21/h5-14,18-20,23-24H,15-17H2,1-4H3. The molecule has 4 unspecified atom stereocenters. The van der Waals surface area contributed by atoms with Crippen LogP contribution in [0.5, 0.6) is 5.95 Å². The van der Waals surface area contributed by atoms with E-state index in [-0.39, 0.29) is 23.3 Å². The summed E-state index contributed by atoms with van der Waals surface area (Å²) in [7, 11) is 0. The number of hydrogen-bond donors (Lipinski definition) is 0. The van der Waals surface area contributed by atoms with Crippen LogP contribution in [-0.2, 0) is 5.41 Å². The van der Waals surface area contributed by atoms with Crippen LogP contribution in [0.15, 0.2) is 76.1 Å². The van der Waals surface area contributed by atoms with Gasteiger partial charge in [0.15, 0.2) is 0 Å². The Kier molecular flexibility index (Phi) is 6.08. The van der Waals surface area contributed by atoms with Gasteiger partial charge < -0.3 is 9.15 Å². The van der Waals surface area contributed by atoms with Gasteiger partial charge in [-0.2, -0.15) is 0 Å². The molecule has 0 saturated heterocycles. The van der Waals surface area contributed by atoms with Gasteiger partial charge in [0, 0.05) is 5.92 Å². The number of ether oxygens (including phenoxy) is 1. The largest absolute Gasteiger partial charge is 0.460 e. The van der Waals surface area contributed by atoms with Crippen LogP contribution in [0.4, 0.5) is 0 Å². The zero-order chi connectivity index (χ0) is 22.0. The first-order valence-electron chi connectivity index (χ1n) is 11.4. The lowest BCUT2D eigenvalue weighted by atomic mass is 9.64. The van der Waals surface area contributed by atoms with Gasteiger partial charge in [0.1, 0.15) is 6.10 Å². The maximum absolute atomic E-state index is 12.6. The van der Waals surface area contributed by atoms with Crippen molar-refractivity contribution in [2.45, 2.75) is 64.5 Å². The molecule has 164 valence electrons. The molecule has 1 aromatic heterocycles. The SMILES string of the molecule is CC1CCC(C(C)(C)c2ccccc2)C(Oc2cn(C(C)c3ccccc3)c(=O)o2)C1. The number of benzene rings is 2. The van der Waals surface area contributed by atoms with E-state index in [9.17, 15) is 4.79 Å². The predicted octanol–water partition coefficient (Wildman–Crippen LogP) is 6.21. The average Bonchev–Trinajstić information content (AvgIpc) is 3.14. The summed E-state index contributed by atoms with van der Waals surface area (Å²) in [6.07, 6.45) is 4.98. The maximum atomic E-state index is 12.6. The van der Waals surface area contributed by atoms with Crippen molar-refractivity contribution in [1.82, 2.24) is 4.57 Å². The fourth-order valence-corrected chi connectivity index (χ4v) is 5.06. The second kappa shape index (κ2) is 8.78. The first kappa shape index (κ1) is 21.5. The number of oxazole rings is 1. The quantitative estimate of drug-likeness (QED) is 0.477. The summed E-state index contributed by atoms with van der Waals surface area (Å²) in [5.41, 5.74) is 2.35. The van der Waals surface area contributed by atoms with Gasteiger partial charge in [0.2, 0.25) is 0 Å². The fourth-order valence-electron chi connectivity index (χ4n) is 5.06. The molecule has 0 bridgehead atoms. The van der Waals surface area contributed by atoms with Gasteiger partial charge in [-0.3, -0.25) is 4.57 Å². The van der Waals surface area contributed by atoms with Crippen LogP contribution in [0.2, 0.25) is 0 Å². The summed E-state index contributed by atoms with van der Waals surface area (Å²) in [5.74, 6) is 0.867. The summed E-state index contributed by atoms with van der Waals surface area (Å²) in [4.78, 5) is 12.6. The fraction of sp³-hybridized carbons (Fsp3) is 0.444. The first-order valence-corrected chi connectivity index (χ1v) is 11.4. The highest BCUT2D eigenvalue weighted by atomic mass is 16.6. The van der Waals surface area contributed by atoms with E-state index in [1.165, 1.54) is 12.0 Å². The van der Waals surface area contributed by atoms with Gasteiger partial charge in [-0.1, -0.05) is 87.9 Å². The Bertz CT molecular complexity index is 1040. The van der Waals surface area contributed by atoms with Crippen LogP contribution in [0, 0.1) is 11.8 Å². The molecule has 0 amide bonds. The Morgan fingerprint density at radius 1 is 1.03 bits per heavy atom. The van der Waals surface area contributed by atoms with E-state index >= 15 is 0 Å². The molecular weight excluding hydrogens is 386 g/mol. The Morgan fingerprint density at radius 3 is 2.35 bits per heavy atom. The maximum Gasteiger partial charge on any atom is 0.422 e. The van der Waals surface area contributed by atoms with Crippen molar-refractivity contribution in [3.8, 4) is 5.95 Å². The summed E-state index contributed by atoms with van der Waals surface area (Å²) in [6.45, 7) is 8.89. The highest BCUT2D eigenvalue weighted by Crippen LogP contribution is 2.43. The molecule has 1 aliphatic carbocycles. The number of nitrogens with zero attached hydrogens (tertiary/aromatic N) is 1. The molecule has 4 rings (SSSR count). The normalized spacial score (nSPS) is 22.8. The molecule has 0 aliphatic heterocycles. The van der Waals surface area contributed by atoms with Crippen molar-refractivity contribution in [2.24, 2.45) is 11.8 Å². The minimum atomic E-state index is -0.380. The second-order valence-electron chi connectivity index (χ2n) is 9.58. The molecule has 1 fully saturated rings. The summed E-state index contributed by atoms with van der Waals surface area (Å²) in [6, 6.07) is 20.5. The van der Waals surface area contributed by atoms with Crippen LogP contribution in [0.25, 0.3) is 0 Å². The van der Waals surface area contributed by atoms with Crippen LogP contribution in [0.3, 0.4) is 0 Å². The van der Waals surface area contributed by atoms with Gasteiger partial charge in [-0.15, -0.1) is 0 Å². The molecule has 1 aliphatic rings. The molecule has 3 aromatic rings. The predicted molar refractivity (Wildman–Crippen MR) is 124 cm³/mol. The lowest BCUT2D eigenvalue weighted by molar-refractivity contribution is 0.0165. The molecule has 1 saturated carbocycles. The van der Waals surface area contributed by atoms with E-state index < -0.39 is 0 Å². The molecule has 4 nitrogen and oxygen atoms in total. The summed E-state index contributed by atoms with van der Waals surface area (Å²) < 4.78 is 13.6. The van der Waals surface area contributed by atoms with Crippen molar-refractivity contribution >= 4 is 0 Å². The Balaban J connectivity index is 1.59. The molecule has 31 heavy (non-hydrogen) atoms. The number of aromatic nitrogens is 1. The Hall–Kier alpha value is -2.75. The number of hydrogen-bond acceptors (Lipinski definition) is 3. The summed E-state index contributed by atoms with van der Waals surface area (Å²) in [5, 5.41) is 0. The monoisotopic (exact) mass is 419 g/mol. The third-order valence-electron chi connectivity index (χ3n) is 7.11. The van der Waals surface area contributed by atoms with Crippen LogP contribution in [-0.4, -0.2) is 10.7 Å². The van der Waals surface area contributed by atoms with E-state index in [4.69, 9.17) is 9.15 Å². The van der Waals surface area contributed by atoms with Gasteiger partial charge >= 0.3 is 11.7 Å². The minimum Gasteiger partial charge on any atom is -0.460 e. The van der Waals surface area contributed by atoms with Crippen LogP contribution >= 0.6 is 0 Å². The zero-order valence-electron chi connectivity index (χ0n) is 19.0. The van der Waals surface area contributed by atoms with Crippen molar-refractivity contribution < 1.29 is 9.15 Å². The third kappa shape index (κ3) is 4.48. The molecule has 0 spiro atoms. The van der Waals surface area contributed by atoms with E-state index in [2.05, 4.69) is 51.1 Å². The number of rotatable bonds is 6. The van der Waals surface area contributed by atoms with Crippen LogP contribution in [0.1, 0.15) is 64.1 Å². The summed E-state index contributed by atoms with van der Waals surface area (Å²) >= 11 is 0. The highest BCUT2D eigenvalue weighted by Gasteiger charge is 2.41. The molecule has 0 radical (unpaired) electrons. The van der Waals surface area contributed by atoms with Gasteiger partial charge in [0.05, 0.1) is 12.2 Å². The second-order valence-corrected chi connectivity index (χ2v) is 9.58. The Morgan fingerprint density at radius 2 is 1.68 bits per heavy atom. The minimum absolute atomic E-state index is 0.00462. The lowest BCUT2D eigenvalue weighted by Gasteiger charge is -2.43. The van der Waals surface area contributed by atoms with Gasteiger partial charge in [-0.05, 0) is 42.2 Å². The van der Waals surface area contributed by atoms with E-state index in [1.54, 1.807) is 10.8 Å². The van der Waals surface area contributed by atoms with Gasteiger partial charge in [-0.25, -0.2) is 4.79 Å². The molecule has 2 aromatic carbocycles. The molecular formula is C27H33NO3. The third-order valence-corrected chi connectivity index (χ3v) is 7.11. The average molecular weight is 420 g/mol. The Labute approximate surface area is 184 Å². The lowest BCUT2D eigenvalue weighted by Crippen LogP contribution is -2.44. The van der Waals surface area contributed by atoms with Crippen molar-refractivity contribution in [3.05, 3.63) is 88.5 Å². The smallest absolute Gasteiger partial charge is 0.422 e. The topological polar surface area (TPSA) is 44.4 Å². The van der Waals surface area contributed by atoms with Crippen molar-refractivity contribution in [1.29, 1.82) is 0 Å². The van der Waals surface area contributed by atoms with Crippen molar-refractivity contribution in [2.75, 3.05) is 0 Å². The van der Waals surface area contributed by atoms with E-state index in [1.807, 2.05) is 37.3 Å². The van der Waals surface area contributed by atoms with Crippen LogP contribution < -0.4 is 10.5 Å². The van der Waals surface area contributed by atoms with Gasteiger partial charge in [0.25, 0.3) is 0 Å². The van der Waals surface area contributed by atoms with E-state index in [0.717, 1.165) is 18.4 Å². The molecule has 4 heteroatoms. The molecule has 0 N–H and O–H groups in total. The first-order chi connectivity index (χ1) is 14.9. The highest BCUT2D eigenvalue weighted by molar-refractivity contribution is 5.26. The van der Waals surface area contributed by atoms with Crippen molar-refractivity contribution in [3.63, 3.8) is 0 Å². The molecule has 1 heterocycles. The van der Waals surface area contributed by atoms with E-state index in [0.29, 0.717) is 17.8 Å². The zero-order valence-corrected chi connectivity index (χ0v) is 19.0. The molecule has 4 atom stereocenters.